The van der Waals surface area contributed by atoms with E-state index in [9.17, 15) is 22.8 Å². The molecular formula is C24H19F3N4O4S. The van der Waals surface area contributed by atoms with E-state index in [1.165, 1.54) is 29.5 Å². The Hall–Kier alpha value is -3.93. The minimum atomic E-state index is -0.818. The number of ether oxygens (including phenoxy) is 1. The zero-order valence-electron chi connectivity index (χ0n) is 18.8. The van der Waals surface area contributed by atoms with Gasteiger partial charge in [0.2, 0.25) is 5.06 Å². The van der Waals surface area contributed by atoms with Crippen LogP contribution in [0.5, 0.6) is 10.8 Å². The number of hydrogen-bond acceptors (Lipinski definition) is 6. The fourth-order valence-electron chi connectivity index (χ4n) is 3.97. The van der Waals surface area contributed by atoms with Crippen LogP contribution < -0.4 is 10.4 Å². The van der Waals surface area contributed by atoms with Gasteiger partial charge in [0.25, 0.3) is 0 Å². The van der Waals surface area contributed by atoms with Crippen LogP contribution in [0.3, 0.4) is 0 Å². The van der Waals surface area contributed by atoms with Crippen molar-refractivity contribution in [3.63, 3.8) is 0 Å². The number of carboxylic acids is 1. The monoisotopic (exact) mass is 516 g/mol. The third-order valence-corrected chi connectivity index (χ3v) is 7.29. The van der Waals surface area contributed by atoms with E-state index in [0.29, 0.717) is 23.6 Å². The molecule has 36 heavy (non-hydrogen) atoms. The fraction of sp³-hybridized carbons (Fsp3) is 0.250. The van der Waals surface area contributed by atoms with Gasteiger partial charge in [0, 0.05) is 17.5 Å². The Morgan fingerprint density at radius 3 is 2.56 bits per heavy atom. The van der Waals surface area contributed by atoms with Gasteiger partial charge in [-0.3, -0.25) is 9.36 Å². The highest BCUT2D eigenvalue weighted by molar-refractivity contribution is 7.13. The van der Waals surface area contributed by atoms with Crippen molar-refractivity contribution in [2.75, 3.05) is 0 Å². The van der Waals surface area contributed by atoms with E-state index >= 15 is 0 Å². The van der Waals surface area contributed by atoms with Crippen molar-refractivity contribution >= 4 is 17.3 Å². The van der Waals surface area contributed by atoms with Gasteiger partial charge < -0.3 is 9.84 Å². The first-order valence-corrected chi connectivity index (χ1v) is 11.8. The summed E-state index contributed by atoms with van der Waals surface area (Å²) in [5.74, 6) is -3.56. The van der Waals surface area contributed by atoms with Gasteiger partial charge in [0.05, 0.1) is 28.9 Å². The zero-order valence-corrected chi connectivity index (χ0v) is 19.6. The minimum absolute atomic E-state index is 0.0409. The molecule has 2 aromatic carbocycles. The Bertz CT molecular complexity index is 1500. The highest BCUT2D eigenvalue weighted by Crippen LogP contribution is 2.46. The molecule has 0 amide bonds. The van der Waals surface area contributed by atoms with Crippen LogP contribution >= 0.6 is 11.3 Å². The summed E-state index contributed by atoms with van der Waals surface area (Å²) in [5, 5.41) is 14.1. The summed E-state index contributed by atoms with van der Waals surface area (Å²) in [7, 11) is 0. The van der Waals surface area contributed by atoms with E-state index in [1.807, 2.05) is 0 Å². The number of aryl methyl sites for hydroxylation is 1. The summed E-state index contributed by atoms with van der Waals surface area (Å²) in [6.07, 6.45) is 2.14. The number of hydrogen-bond donors (Lipinski definition) is 1. The van der Waals surface area contributed by atoms with Gasteiger partial charge in [0.1, 0.15) is 18.0 Å². The molecule has 12 heteroatoms. The van der Waals surface area contributed by atoms with Crippen molar-refractivity contribution in [1.82, 2.24) is 19.3 Å². The molecule has 1 aliphatic carbocycles. The highest BCUT2D eigenvalue weighted by atomic mass is 32.1. The average molecular weight is 517 g/mol. The quantitative estimate of drug-likeness (QED) is 0.384. The second-order valence-corrected chi connectivity index (χ2v) is 9.49. The van der Waals surface area contributed by atoms with Crippen LogP contribution in [0.15, 0.2) is 47.5 Å². The van der Waals surface area contributed by atoms with Gasteiger partial charge >= 0.3 is 11.7 Å². The molecule has 8 nitrogen and oxygen atoms in total. The molecule has 0 spiro atoms. The highest BCUT2D eigenvalue weighted by Gasteiger charge is 2.37. The van der Waals surface area contributed by atoms with Crippen LogP contribution in [0.1, 0.15) is 35.0 Å². The van der Waals surface area contributed by atoms with Crippen molar-refractivity contribution in [2.24, 2.45) is 5.92 Å². The number of carboxylic acid groups (broad SMARTS) is 1. The summed E-state index contributed by atoms with van der Waals surface area (Å²) < 4.78 is 50.4. The smallest absolute Gasteiger partial charge is 0.350 e. The molecule has 0 bridgehead atoms. The van der Waals surface area contributed by atoms with Gasteiger partial charge in [-0.2, -0.15) is 9.78 Å². The molecule has 0 saturated heterocycles. The first kappa shape index (κ1) is 23.8. The lowest BCUT2D eigenvalue weighted by atomic mass is 9.75. The molecule has 0 unspecified atom stereocenters. The molecule has 0 aliphatic heterocycles. The molecule has 2 aromatic heterocycles. The predicted molar refractivity (Wildman–Crippen MR) is 123 cm³/mol. The number of carbonyl (C=O) groups is 1. The molecular weight excluding hydrogens is 497 g/mol. The normalized spacial score (nSPS) is 17.1. The van der Waals surface area contributed by atoms with Crippen molar-refractivity contribution in [2.45, 2.75) is 32.2 Å². The third-order valence-electron chi connectivity index (χ3n) is 6.09. The predicted octanol–water partition coefficient (Wildman–Crippen LogP) is 4.64. The molecule has 1 N–H and O–H groups in total. The van der Waals surface area contributed by atoms with E-state index in [0.717, 1.165) is 38.8 Å². The number of nitrogens with zero attached hydrogens (tertiary/aromatic N) is 4. The van der Waals surface area contributed by atoms with E-state index in [1.54, 1.807) is 6.92 Å². The standard InChI is InChI=1S/C24H19F3N4O4S/c1-12-23(36-21(29-12)13-7-14(8-13)22(32)33)35-20-6-5-15(9-19(20)27)31-24(34)30(11-28-31)10-16-17(25)3-2-4-18(16)26/h2-6,9,11,13-14H,7-8,10H2,1H3,(H,32,33). The fourth-order valence-corrected chi connectivity index (χ4v) is 5.03. The summed E-state index contributed by atoms with van der Waals surface area (Å²) >= 11 is 1.25. The lowest BCUT2D eigenvalue weighted by Crippen LogP contribution is -2.28. The van der Waals surface area contributed by atoms with Crippen molar-refractivity contribution in [3.8, 4) is 16.5 Å². The molecule has 1 aliphatic rings. The van der Waals surface area contributed by atoms with Crippen LogP contribution in [0, 0.1) is 30.3 Å². The topological polar surface area (TPSA) is 99.2 Å². The average Bonchev–Trinajstić information content (AvgIpc) is 3.33. The molecule has 186 valence electrons. The second-order valence-electron chi connectivity index (χ2n) is 8.50. The summed E-state index contributed by atoms with van der Waals surface area (Å²) in [6.45, 7) is 1.35. The summed E-state index contributed by atoms with van der Waals surface area (Å²) in [4.78, 5) is 28.2. The van der Waals surface area contributed by atoms with E-state index < -0.39 is 29.1 Å². The van der Waals surface area contributed by atoms with Crippen LogP contribution in [-0.4, -0.2) is 30.4 Å². The molecule has 4 aromatic rings. The van der Waals surface area contributed by atoms with Crippen LogP contribution in [-0.2, 0) is 11.3 Å². The third kappa shape index (κ3) is 4.39. The summed E-state index contributed by atoms with van der Waals surface area (Å²) in [5.41, 5.74) is -0.316. The Kier molecular flexibility index (Phi) is 6.12. The molecule has 0 radical (unpaired) electrons. The van der Waals surface area contributed by atoms with Crippen LogP contribution in [0.4, 0.5) is 13.2 Å². The second kappa shape index (κ2) is 9.26. The lowest BCUT2D eigenvalue weighted by molar-refractivity contribution is -0.145. The Labute approximate surface area is 206 Å². The number of rotatable bonds is 7. The van der Waals surface area contributed by atoms with E-state index in [2.05, 4.69) is 10.1 Å². The molecule has 1 fully saturated rings. The molecule has 1 saturated carbocycles. The first-order chi connectivity index (χ1) is 17.2. The zero-order chi connectivity index (χ0) is 25.6. The van der Waals surface area contributed by atoms with Crippen LogP contribution in [0.25, 0.3) is 5.69 Å². The maximum absolute atomic E-state index is 14.9. The Morgan fingerprint density at radius 1 is 1.17 bits per heavy atom. The SMILES string of the molecule is Cc1nc(C2CC(C(=O)O)C2)sc1Oc1ccc(-n2ncn(Cc3c(F)cccc3F)c2=O)cc1F. The van der Waals surface area contributed by atoms with Crippen molar-refractivity contribution in [3.05, 3.63) is 86.9 Å². The molecule has 0 atom stereocenters. The molecule has 2 heterocycles. The van der Waals surface area contributed by atoms with Gasteiger partial charge in [-0.05, 0) is 44.0 Å². The minimum Gasteiger partial charge on any atom is -0.481 e. The largest absolute Gasteiger partial charge is 0.481 e. The lowest BCUT2D eigenvalue weighted by Gasteiger charge is -2.30. The number of benzene rings is 2. The number of thiazole rings is 1. The van der Waals surface area contributed by atoms with Crippen molar-refractivity contribution < 1.29 is 27.8 Å². The maximum Gasteiger partial charge on any atom is 0.350 e. The number of aromatic nitrogens is 4. The van der Waals surface area contributed by atoms with Gasteiger partial charge in [-0.15, -0.1) is 0 Å². The Balaban J connectivity index is 1.33. The van der Waals surface area contributed by atoms with E-state index in [4.69, 9.17) is 9.84 Å². The van der Waals surface area contributed by atoms with Gasteiger partial charge in [-0.1, -0.05) is 17.4 Å². The maximum atomic E-state index is 14.9. The van der Waals surface area contributed by atoms with E-state index in [-0.39, 0.29) is 35.4 Å². The van der Waals surface area contributed by atoms with Crippen molar-refractivity contribution in [1.29, 1.82) is 0 Å². The first-order valence-electron chi connectivity index (χ1n) is 11.0. The van der Waals surface area contributed by atoms with Crippen LogP contribution in [0.2, 0.25) is 0 Å². The summed E-state index contributed by atoms with van der Waals surface area (Å²) in [6, 6.07) is 7.25. The molecule has 5 rings (SSSR count). The number of aliphatic carboxylic acids is 1. The Morgan fingerprint density at radius 2 is 1.89 bits per heavy atom. The van der Waals surface area contributed by atoms with Gasteiger partial charge in [-0.25, -0.2) is 22.9 Å². The number of halogens is 3. The van der Waals surface area contributed by atoms with Gasteiger partial charge in [0.15, 0.2) is 11.6 Å².